The first-order valence-electron chi connectivity index (χ1n) is 10.0. The molecule has 0 saturated carbocycles. The summed E-state index contributed by atoms with van der Waals surface area (Å²) in [7, 11) is 0. The monoisotopic (exact) mass is 420 g/mol. The lowest BCUT2D eigenvalue weighted by Crippen LogP contribution is -2.22. The van der Waals surface area contributed by atoms with E-state index in [0.29, 0.717) is 33.7 Å². The molecule has 1 fully saturated rings. The summed E-state index contributed by atoms with van der Waals surface area (Å²) in [5.41, 5.74) is 2.69. The zero-order valence-electron chi connectivity index (χ0n) is 16.9. The van der Waals surface area contributed by atoms with Crippen LogP contribution in [0.25, 0.3) is 10.9 Å². The van der Waals surface area contributed by atoms with Gasteiger partial charge in [-0.3, -0.25) is 14.2 Å². The molecule has 1 atom stereocenters. The van der Waals surface area contributed by atoms with Crippen molar-refractivity contribution < 1.29 is 4.79 Å². The number of fused-ring (bicyclic) bond motifs is 1. The van der Waals surface area contributed by atoms with Crippen LogP contribution in [0.5, 0.6) is 0 Å². The summed E-state index contributed by atoms with van der Waals surface area (Å²) in [4.78, 5) is 30.7. The zero-order valence-corrected chi connectivity index (χ0v) is 17.7. The lowest BCUT2D eigenvalue weighted by molar-refractivity contribution is 0.102. The van der Waals surface area contributed by atoms with Gasteiger partial charge >= 0.3 is 0 Å². The number of carbonyl (C=O) groups excluding carboxylic acids is 1. The number of H-pyrrole nitrogens is 1. The minimum atomic E-state index is -0.242. The van der Waals surface area contributed by atoms with Crippen LogP contribution in [0.3, 0.4) is 0 Å². The van der Waals surface area contributed by atoms with E-state index in [4.69, 9.17) is 12.2 Å². The molecule has 2 heterocycles. The van der Waals surface area contributed by atoms with E-state index in [1.807, 2.05) is 24.3 Å². The molecule has 7 heteroatoms. The van der Waals surface area contributed by atoms with Gasteiger partial charge in [0, 0.05) is 36.6 Å². The Balaban J connectivity index is 1.54. The van der Waals surface area contributed by atoms with Crippen LogP contribution in [0.1, 0.15) is 23.7 Å². The fraction of sp³-hybridized carbons (Fsp3) is 0.261. The van der Waals surface area contributed by atoms with Crippen LogP contribution in [-0.2, 0) is 6.54 Å². The number of amides is 1. The number of carbonyl (C=O) groups is 1. The van der Waals surface area contributed by atoms with Crippen molar-refractivity contribution in [1.82, 2.24) is 9.55 Å². The Labute approximate surface area is 179 Å². The van der Waals surface area contributed by atoms with Gasteiger partial charge in [0.25, 0.3) is 11.5 Å². The summed E-state index contributed by atoms with van der Waals surface area (Å²) in [6, 6.07) is 12.8. The van der Waals surface area contributed by atoms with Gasteiger partial charge in [0.15, 0.2) is 4.77 Å². The first kappa shape index (κ1) is 20.1. The molecule has 2 N–H and O–H groups in total. The van der Waals surface area contributed by atoms with Gasteiger partial charge in [0.05, 0.1) is 10.9 Å². The number of hydrogen-bond acceptors (Lipinski definition) is 4. The third-order valence-corrected chi connectivity index (χ3v) is 5.79. The summed E-state index contributed by atoms with van der Waals surface area (Å²) in [5, 5.41) is 3.39. The fourth-order valence-electron chi connectivity index (χ4n) is 3.82. The molecule has 1 aliphatic rings. The van der Waals surface area contributed by atoms with Crippen molar-refractivity contribution in [3.05, 3.63) is 75.8 Å². The fourth-order valence-corrected chi connectivity index (χ4v) is 4.09. The molecule has 1 saturated heterocycles. The van der Waals surface area contributed by atoms with Crippen LogP contribution < -0.4 is 15.8 Å². The summed E-state index contributed by atoms with van der Waals surface area (Å²) in [6.07, 6.45) is 2.83. The highest BCUT2D eigenvalue weighted by Crippen LogP contribution is 2.25. The predicted molar refractivity (Wildman–Crippen MR) is 124 cm³/mol. The van der Waals surface area contributed by atoms with Gasteiger partial charge in [-0.2, -0.15) is 0 Å². The van der Waals surface area contributed by atoms with E-state index < -0.39 is 0 Å². The summed E-state index contributed by atoms with van der Waals surface area (Å²) in [6.45, 7) is 8.38. The topological polar surface area (TPSA) is 70.1 Å². The Morgan fingerprint density at radius 3 is 2.73 bits per heavy atom. The molecule has 0 radical (unpaired) electrons. The van der Waals surface area contributed by atoms with Gasteiger partial charge in [-0.1, -0.05) is 13.0 Å². The van der Waals surface area contributed by atoms with Gasteiger partial charge in [-0.15, -0.1) is 6.58 Å². The lowest BCUT2D eigenvalue weighted by Gasteiger charge is -2.18. The maximum Gasteiger partial charge on any atom is 0.262 e. The van der Waals surface area contributed by atoms with E-state index in [2.05, 4.69) is 28.7 Å². The van der Waals surface area contributed by atoms with E-state index in [1.54, 1.807) is 24.3 Å². The quantitative estimate of drug-likeness (QED) is 0.476. The number of nitrogens with zero attached hydrogens (tertiary/aromatic N) is 2. The van der Waals surface area contributed by atoms with Gasteiger partial charge in [-0.05, 0) is 67.0 Å². The first-order chi connectivity index (χ1) is 14.5. The van der Waals surface area contributed by atoms with Crippen molar-refractivity contribution in [2.24, 2.45) is 5.92 Å². The molecule has 1 aromatic heterocycles. The predicted octanol–water partition coefficient (Wildman–Crippen LogP) is 4.34. The van der Waals surface area contributed by atoms with Gasteiger partial charge in [0.1, 0.15) is 0 Å². The molecule has 2 aromatic carbocycles. The van der Waals surface area contributed by atoms with Gasteiger partial charge in [-0.25, -0.2) is 0 Å². The molecule has 6 nitrogen and oxygen atoms in total. The summed E-state index contributed by atoms with van der Waals surface area (Å²) < 4.78 is 1.74. The summed E-state index contributed by atoms with van der Waals surface area (Å²) in [5.74, 6) is 0.472. The average molecular weight is 421 g/mol. The molecular formula is C23H24N4O2S. The van der Waals surface area contributed by atoms with E-state index in [1.165, 1.54) is 16.7 Å². The second-order valence-corrected chi connectivity index (χ2v) is 8.12. The Morgan fingerprint density at radius 1 is 1.30 bits per heavy atom. The van der Waals surface area contributed by atoms with Crippen molar-refractivity contribution in [3.63, 3.8) is 0 Å². The number of allylic oxidation sites excluding steroid dienone is 1. The largest absolute Gasteiger partial charge is 0.371 e. The molecule has 0 spiro atoms. The molecular weight excluding hydrogens is 396 g/mol. The van der Waals surface area contributed by atoms with Crippen molar-refractivity contribution in [2.45, 2.75) is 19.9 Å². The molecule has 1 amide bonds. The number of aromatic amines is 1. The highest BCUT2D eigenvalue weighted by molar-refractivity contribution is 7.71. The zero-order chi connectivity index (χ0) is 21.3. The SMILES string of the molecule is C=CCn1c(=S)[nH]c2cc(C(=O)Nc3ccc(N4CCC(C)C4)cc3)ccc2c1=O. The highest BCUT2D eigenvalue weighted by Gasteiger charge is 2.18. The molecule has 0 bridgehead atoms. The molecule has 4 rings (SSSR count). The minimum absolute atomic E-state index is 0.201. The maximum absolute atomic E-state index is 12.7. The van der Waals surface area contributed by atoms with Crippen molar-refractivity contribution in [3.8, 4) is 0 Å². The minimum Gasteiger partial charge on any atom is -0.371 e. The van der Waals surface area contributed by atoms with Crippen LogP contribution >= 0.6 is 12.2 Å². The third-order valence-electron chi connectivity index (χ3n) is 5.47. The molecule has 0 aliphatic carbocycles. The highest BCUT2D eigenvalue weighted by atomic mass is 32.1. The van der Waals surface area contributed by atoms with Crippen molar-refractivity contribution in [2.75, 3.05) is 23.3 Å². The normalized spacial score (nSPS) is 16.0. The molecule has 30 heavy (non-hydrogen) atoms. The van der Waals surface area contributed by atoms with Crippen LogP contribution in [0.2, 0.25) is 0 Å². The number of aromatic nitrogens is 2. The number of rotatable bonds is 5. The van der Waals surface area contributed by atoms with E-state index in [0.717, 1.165) is 18.8 Å². The number of hydrogen-bond donors (Lipinski definition) is 2. The number of nitrogens with one attached hydrogen (secondary N) is 2. The smallest absolute Gasteiger partial charge is 0.262 e. The first-order valence-corrected chi connectivity index (χ1v) is 10.4. The summed E-state index contributed by atoms with van der Waals surface area (Å²) >= 11 is 5.27. The van der Waals surface area contributed by atoms with Crippen molar-refractivity contribution in [1.29, 1.82) is 0 Å². The average Bonchev–Trinajstić information content (AvgIpc) is 3.17. The van der Waals surface area contributed by atoms with Gasteiger partial charge in [0.2, 0.25) is 0 Å². The molecule has 3 aromatic rings. The second-order valence-electron chi connectivity index (χ2n) is 7.74. The lowest BCUT2D eigenvalue weighted by atomic mass is 10.1. The molecule has 154 valence electrons. The van der Waals surface area contributed by atoms with E-state index in [9.17, 15) is 9.59 Å². The van der Waals surface area contributed by atoms with E-state index in [-0.39, 0.29) is 11.5 Å². The van der Waals surface area contributed by atoms with Crippen LogP contribution in [-0.4, -0.2) is 28.5 Å². The Kier molecular flexibility index (Phi) is 5.55. The Morgan fingerprint density at radius 2 is 2.07 bits per heavy atom. The van der Waals surface area contributed by atoms with Crippen LogP contribution in [0.15, 0.2) is 59.9 Å². The second kappa shape index (κ2) is 8.28. The number of anilines is 2. The Bertz CT molecular complexity index is 1230. The van der Waals surface area contributed by atoms with Crippen molar-refractivity contribution >= 4 is 40.4 Å². The Hall–Kier alpha value is -3.19. The number of benzene rings is 2. The van der Waals surface area contributed by atoms with Gasteiger partial charge < -0.3 is 15.2 Å². The van der Waals surface area contributed by atoms with Crippen LogP contribution in [0.4, 0.5) is 11.4 Å². The maximum atomic E-state index is 12.7. The molecule has 1 aliphatic heterocycles. The van der Waals surface area contributed by atoms with Crippen LogP contribution in [0, 0.1) is 10.7 Å². The standard InChI is InChI=1S/C23H24N4O2S/c1-3-11-27-22(29)19-9-4-16(13-20(19)25-23(27)30)21(28)24-17-5-7-18(8-6-17)26-12-10-15(2)14-26/h3-9,13,15H,1,10-12,14H2,2H3,(H,24,28)(H,25,30). The van der Waals surface area contributed by atoms with E-state index >= 15 is 0 Å². The molecule has 1 unspecified atom stereocenters. The third kappa shape index (κ3) is 3.93.